The van der Waals surface area contributed by atoms with Crippen LogP contribution in [0.15, 0.2) is 0 Å². The molecule has 4 nitrogen and oxygen atoms in total. The summed E-state index contributed by atoms with van der Waals surface area (Å²) < 4.78 is 5.29. The second-order valence-electron chi connectivity index (χ2n) is 3.76. The Kier molecular flexibility index (Phi) is 1.72. The number of likely N-dealkylation sites (tertiary alicyclic amines) is 1. The molecular formula is C8H13NO3. The minimum Gasteiger partial charge on any atom is -0.465 e. The molecule has 1 N–H and O–H groups in total. The van der Waals surface area contributed by atoms with E-state index in [1.165, 1.54) is 4.90 Å². The maximum Gasteiger partial charge on any atom is 0.407 e. The Morgan fingerprint density at radius 2 is 2.33 bits per heavy atom. The second kappa shape index (κ2) is 2.62. The first-order chi connectivity index (χ1) is 5.72. The molecule has 2 aliphatic heterocycles. The van der Waals surface area contributed by atoms with Gasteiger partial charge in [-0.1, -0.05) is 0 Å². The van der Waals surface area contributed by atoms with E-state index in [0.29, 0.717) is 13.1 Å². The van der Waals surface area contributed by atoms with Crippen molar-refractivity contribution in [2.75, 3.05) is 26.3 Å². The van der Waals surface area contributed by atoms with Crippen LogP contribution in [0.3, 0.4) is 0 Å². The van der Waals surface area contributed by atoms with Gasteiger partial charge in [0.2, 0.25) is 0 Å². The maximum absolute atomic E-state index is 10.6. The van der Waals surface area contributed by atoms with E-state index < -0.39 is 6.09 Å². The summed E-state index contributed by atoms with van der Waals surface area (Å²) in [5.41, 5.74) is 0.165. The van der Waals surface area contributed by atoms with E-state index in [0.717, 1.165) is 26.1 Å². The van der Waals surface area contributed by atoms with Gasteiger partial charge in [-0.2, -0.15) is 0 Å². The fraction of sp³-hybridized carbons (Fsp3) is 0.875. The number of hydrogen-bond acceptors (Lipinski definition) is 2. The van der Waals surface area contributed by atoms with E-state index in [4.69, 9.17) is 9.84 Å². The van der Waals surface area contributed by atoms with Gasteiger partial charge in [-0.25, -0.2) is 4.79 Å². The van der Waals surface area contributed by atoms with Crippen LogP contribution in [0.2, 0.25) is 0 Å². The van der Waals surface area contributed by atoms with Crippen molar-refractivity contribution in [2.24, 2.45) is 5.41 Å². The van der Waals surface area contributed by atoms with Crippen LogP contribution in [-0.4, -0.2) is 42.4 Å². The molecule has 2 fully saturated rings. The van der Waals surface area contributed by atoms with Gasteiger partial charge in [-0.05, 0) is 12.8 Å². The molecule has 0 bridgehead atoms. The van der Waals surface area contributed by atoms with Gasteiger partial charge in [0, 0.05) is 25.1 Å². The SMILES string of the molecule is O=C(O)N1CCC2(CCOC2)C1. The van der Waals surface area contributed by atoms with Gasteiger partial charge < -0.3 is 14.7 Å². The molecule has 1 unspecified atom stereocenters. The van der Waals surface area contributed by atoms with E-state index in [-0.39, 0.29) is 5.41 Å². The minimum atomic E-state index is -0.793. The Bertz CT molecular complexity index is 198. The van der Waals surface area contributed by atoms with Crippen molar-refractivity contribution in [3.05, 3.63) is 0 Å². The zero-order chi connectivity index (χ0) is 8.60. The highest BCUT2D eigenvalue weighted by Gasteiger charge is 2.42. The molecule has 1 amide bonds. The molecule has 2 aliphatic rings. The third-order valence-corrected chi connectivity index (χ3v) is 2.89. The van der Waals surface area contributed by atoms with E-state index in [9.17, 15) is 4.79 Å². The lowest BCUT2D eigenvalue weighted by Gasteiger charge is -2.19. The molecule has 2 heterocycles. The Labute approximate surface area is 71.1 Å². The summed E-state index contributed by atoms with van der Waals surface area (Å²) in [6, 6.07) is 0. The molecule has 68 valence electrons. The normalized spacial score (nSPS) is 34.8. The summed E-state index contributed by atoms with van der Waals surface area (Å²) in [6.45, 7) is 2.89. The van der Waals surface area contributed by atoms with Crippen molar-refractivity contribution in [1.82, 2.24) is 4.90 Å². The highest BCUT2D eigenvalue weighted by Crippen LogP contribution is 2.37. The van der Waals surface area contributed by atoms with E-state index in [1.807, 2.05) is 0 Å². The molecule has 0 aliphatic carbocycles. The predicted molar refractivity (Wildman–Crippen MR) is 42.1 cm³/mol. The Hall–Kier alpha value is -0.770. The van der Waals surface area contributed by atoms with Gasteiger partial charge in [0.15, 0.2) is 0 Å². The smallest absolute Gasteiger partial charge is 0.407 e. The van der Waals surface area contributed by atoms with Crippen molar-refractivity contribution >= 4 is 6.09 Å². The second-order valence-corrected chi connectivity index (χ2v) is 3.76. The van der Waals surface area contributed by atoms with Crippen molar-refractivity contribution in [2.45, 2.75) is 12.8 Å². The van der Waals surface area contributed by atoms with E-state index >= 15 is 0 Å². The lowest BCUT2D eigenvalue weighted by molar-refractivity contribution is 0.136. The quantitative estimate of drug-likeness (QED) is 0.585. The van der Waals surface area contributed by atoms with Crippen molar-refractivity contribution < 1.29 is 14.6 Å². The summed E-state index contributed by atoms with van der Waals surface area (Å²) in [5, 5.41) is 8.74. The lowest BCUT2D eigenvalue weighted by Crippen LogP contribution is -2.31. The summed E-state index contributed by atoms with van der Waals surface area (Å²) in [6.07, 6.45) is 1.20. The average molecular weight is 171 g/mol. The van der Waals surface area contributed by atoms with Gasteiger partial charge >= 0.3 is 6.09 Å². The molecule has 0 radical (unpaired) electrons. The molecule has 1 atom stereocenters. The van der Waals surface area contributed by atoms with Crippen molar-refractivity contribution in [1.29, 1.82) is 0 Å². The minimum absolute atomic E-state index is 0.165. The zero-order valence-electron chi connectivity index (χ0n) is 6.95. The van der Waals surface area contributed by atoms with Crippen LogP contribution in [0.1, 0.15) is 12.8 Å². The standard InChI is InChI=1S/C8H13NO3/c10-7(11)9-3-1-8(5-9)2-4-12-6-8/h1-6H2,(H,10,11). The van der Waals surface area contributed by atoms with Crippen LogP contribution in [0.25, 0.3) is 0 Å². The Morgan fingerprint density at radius 3 is 2.83 bits per heavy atom. The number of nitrogens with zero attached hydrogens (tertiary/aromatic N) is 1. The molecule has 2 rings (SSSR count). The first-order valence-corrected chi connectivity index (χ1v) is 4.28. The summed E-state index contributed by atoms with van der Waals surface area (Å²) in [7, 11) is 0. The van der Waals surface area contributed by atoms with Crippen LogP contribution >= 0.6 is 0 Å². The van der Waals surface area contributed by atoms with E-state index in [2.05, 4.69) is 0 Å². The largest absolute Gasteiger partial charge is 0.465 e. The monoisotopic (exact) mass is 171 g/mol. The molecular weight excluding hydrogens is 158 g/mol. The fourth-order valence-corrected chi connectivity index (χ4v) is 2.07. The first-order valence-electron chi connectivity index (χ1n) is 4.28. The third kappa shape index (κ3) is 1.16. The third-order valence-electron chi connectivity index (χ3n) is 2.89. The van der Waals surface area contributed by atoms with Crippen molar-refractivity contribution in [3.8, 4) is 0 Å². The molecule has 1 spiro atoms. The van der Waals surface area contributed by atoms with Crippen molar-refractivity contribution in [3.63, 3.8) is 0 Å². The Balaban J connectivity index is 2.01. The molecule has 0 saturated carbocycles. The molecule has 0 aromatic rings. The van der Waals surface area contributed by atoms with Gasteiger partial charge in [-0.3, -0.25) is 0 Å². The van der Waals surface area contributed by atoms with Gasteiger partial charge in [-0.15, -0.1) is 0 Å². The highest BCUT2D eigenvalue weighted by molar-refractivity contribution is 5.65. The first kappa shape index (κ1) is 7.86. The topological polar surface area (TPSA) is 49.8 Å². The fourth-order valence-electron chi connectivity index (χ4n) is 2.07. The molecule has 0 aromatic carbocycles. The number of amides is 1. The summed E-state index contributed by atoms with van der Waals surface area (Å²) >= 11 is 0. The molecule has 0 aromatic heterocycles. The predicted octanol–water partition coefficient (Wildman–Crippen LogP) is 0.777. The van der Waals surface area contributed by atoms with Gasteiger partial charge in [0.05, 0.1) is 6.61 Å². The Morgan fingerprint density at radius 1 is 1.50 bits per heavy atom. The van der Waals surface area contributed by atoms with Crippen LogP contribution in [0.5, 0.6) is 0 Å². The molecule has 12 heavy (non-hydrogen) atoms. The highest BCUT2D eigenvalue weighted by atomic mass is 16.5. The number of ether oxygens (including phenoxy) is 1. The van der Waals surface area contributed by atoms with Crippen LogP contribution < -0.4 is 0 Å². The number of carboxylic acid groups (broad SMARTS) is 1. The lowest BCUT2D eigenvalue weighted by atomic mass is 9.87. The summed E-state index contributed by atoms with van der Waals surface area (Å²) in [4.78, 5) is 12.1. The van der Waals surface area contributed by atoms with Gasteiger partial charge in [0.1, 0.15) is 0 Å². The molecule has 4 heteroatoms. The van der Waals surface area contributed by atoms with Crippen LogP contribution in [0, 0.1) is 5.41 Å². The number of carbonyl (C=O) groups is 1. The number of rotatable bonds is 0. The van der Waals surface area contributed by atoms with Crippen LogP contribution in [-0.2, 0) is 4.74 Å². The molecule has 2 saturated heterocycles. The number of hydrogen-bond donors (Lipinski definition) is 1. The maximum atomic E-state index is 10.6. The average Bonchev–Trinajstić information content (AvgIpc) is 2.62. The zero-order valence-corrected chi connectivity index (χ0v) is 6.95. The van der Waals surface area contributed by atoms with Crippen LogP contribution in [0.4, 0.5) is 4.79 Å². The van der Waals surface area contributed by atoms with Gasteiger partial charge in [0.25, 0.3) is 0 Å². The van der Waals surface area contributed by atoms with E-state index in [1.54, 1.807) is 0 Å². The summed E-state index contributed by atoms with van der Waals surface area (Å²) in [5.74, 6) is 0.